The average Bonchev–Trinajstić information content (AvgIpc) is 2.99. The number of nitrogens with zero attached hydrogens (tertiary/aromatic N) is 1. The van der Waals surface area contributed by atoms with E-state index >= 15 is 0 Å². The molecule has 1 nitrogen and oxygen atoms in total. The Morgan fingerprint density at radius 1 is 1.00 bits per heavy atom. The number of aryl methyl sites for hydroxylation is 1. The highest BCUT2D eigenvalue weighted by Gasteiger charge is 2.18. The minimum absolute atomic E-state index is 0.125. The van der Waals surface area contributed by atoms with Gasteiger partial charge in [0, 0.05) is 10.0 Å². The summed E-state index contributed by atoms with van der Waals surface area (Å²) in [6.45, 7) is 8.93. The number of benzene rings is 3. The largest absolute Gasteiger partial charge is 0.235 e. The first-order chi connectivity index (χ1) is 11.8. The van der Waals surface area contributed by atoms with Gasteiger partial charge >= 0.3 is 0 Å². The van der Waals surface area contributed by atoms with Crippen LogP contribution in [0.1, 0.15) is 31.9 Å². The van der Waals surface area contributed by atoms with Crippen molar-refractivity contribution >= 4 is 48.3 Å². The van der Waals surface area contributed by atoms with Crippen molar-refractivity contribution in [3.8, 4) is 10.6 Å². The molecule has 0 atom stereocenters. The Morgan fingerprint density at radius 2 is 1.76 bits per heavy atom. The maximum absolute atomic E-state index is 4.94. The molecule has 0 spiro atoms. The Hall–Kier alpha value is -1.71. The molecule has 3 heteroatoms. The quantitative estimate of drug-likeness (QED) is 0.317. The van der Waals surface area contributed by atoms with E-state index in [2.05, 4.69) is 92.2 Å². The summed E-state index contributed by atoms with van der Waals surface area (Å²) in [6.07, 6.45) is 0. The molecular formula is C22H20BrNS. The standard InChI is InChI=1S/C22H20BrNS/c1-13-16-8-6-5-7-14(16)9-10-17(13)21-24-20-18(23)11-15(22(2,3)4)12-19(20)25-21/h5-12H,1-4H3. The van der Waals surface area contributed by atoms with Crippen LogP contribution >= 0.6 is 27.3 Å². The molecule has 0 amide bonds. The Morgan fingerprint density at radius 3 is 2.52 bits per heavy atom. The van der Waals surface area contributed by atoms with Gasteiger partial charge < -0.3 is 0 Å². The van der Waals surface area contributed by atoms with Crippen LogP contribution in [0.4, 0.5) is 0 Å². The van der Waals surface area contributed by atoms with Crippen LogP contribution < -0.4 is 0 Å². The van der Waals surface area contributed by atoms with Crippen LogP contribution in [0.15, 0.2) is 53.0 Å². The van der Waals surface area contributed by atoms with Crippen LogP contribution in [-0.4, -0.2) is 4.98 Å². The number of rotatable bonds is 1. The lowest BCUT2D eigenvalue weighted by Crippen LogP contribution is -2.10. The van der Waals surface area contributed by atoms with Crippen LogP contribution in [0.3, 0.4) is 0 Å². The van der Waals surface area contributed by atoms with E-state index in [1.807, 2.05) is 0 Å². The van der Waals surface area contributed by atoms with Gasteiger partial charge in [0.15, 0.2) is 0 Å². The fourth-order valence-corrected chi connectivity index (χ4v) is 4.99. The summed E-state index contributed by atoms with van der Waals surface area (Å²) in [5.74, 6) is 0. The molecule has 0 saturated heterocycles. The Labute approximate surface area is 160 Å². The second-order valence-electron chi connectivity index (χ2n) is 7.53. The first-order valence-corrected chi connectivity index (χ1v) is 10.0. The first kappa shape index (κ1) is 16.7. The number of hydrogen-bond donors (Lipinski definition) is 0. The third kappa shape index (κ3) is 2.90. The van der Waals surface area contributed by atoms with Gasteiger partial charge in [0.1, 0.15) is 5.01 Å². The van der Waals surface area contributed by atoms with E-state index in [9.17, 15) is 0 Å². The van der Waals surface area contributed by atoms with Gasteiger partial charge in [-0.3, -0.25) is 0 Å². The van der Waals surface area contributed by atoms with Crippen LogP contribution in [0, 0.1) is 6.92 Å². The van der Waals surface area contributed by atoms with Crippen molar-refractivity contribution in [2.45, 2.75) is 33.1 Å². The molecule has 0 unspecified atom stereocenters. The topological polar surface area (TPSA) is 12.9 Å². The maximum Gasteiger partial charge on any atom is 0.124 e. The van der Waals surface area contributed by atoms with Crippen molar-refractivity contribution < 1.29 is 0 Å². The molecule has 3 aromatic carbocycles. The molecule has 0 aliphatic heterocycles. The zero-order valence-electron chi connectivity index (χ0n) is 14.9. The van der Waals surface area contributed by atoms with Crippen molar-refractivity contribution in [2.75, 3.05) is 0 Å². The Kier molecular flexibility index (Phi) is 3.97. The smallest absolute Gasteiger partial charge is 0.124 e. The normalized spacial score (nSPS) is 12.2. The molecule has 126 valence electrons. The highest BCUT2D eigenvalue weighted by Crippen LogP contribution is 2.39. The molecule has 0 saturated carbocycles. The van der Waals surface area contributed by atoms with Crippen molar-refractivity contribution in [3.05, 3.63) is 64.1 Å². The Balaban J connectivity index is 1.93. The molecule has 0 N–H and O–H groups in total. The summed E-state index contributed by atoms with van der Waals surface area (Å²) < 4.78 is 2.32. The van der Waals surface area contributed by atoms with E-state index in [1.165, 1.54) is 32.2 Å². The third-order valence-electron chi connectivity index (χ3n) is 4.74. The van der Waals surface area contributed by atoms with Crippen LogP contribution in [0.5, 0.6) is 0 Å². The molecule has 25 heavy (non-hydrogen) atoms. The van der Waals surface area contributed by atoms with Gasteiger partial charge in [-0.1, -0.05) is 57.2 Å². The zero-order chi connectivity index (χ0) is 17.8. The molecule has 0 bridgehead atoms. The second kappa shape index (κ2) is 5.93. The van der Waals surface area contributed by atoms with Gasteiger partial charge in [0.25, 0.3) is 0 Å². The minimum Gasteiger partial charge on any atom is -0.235 e. The number of fused-ring (bicyclic) bond motifs is 2. The summed E-state index contributed by atoms with van der Waals surface area (Å²) in [6, 6.07) is 17.4. The summed E-state index contributed by atoms with van der Waals surface area (Å²) in [5, 5.41) is 3.67. The average molecular weight is 410 g/mol. The third-order valence-corrected chi connectivity index (χ3v) is 6.38. The van der Waals surface area contributed by atoms with Crippen molar-refractivity contribution in [3.63, 3.8) is 0 Å². The lowest BCUT2D eigenvalue weighted by atomic mass is 9.87. The molecule has 1 aromatic heterocycles. The van der Waals surface area contributed by atoms with E-state index in [-0.39, 0.29) is 5.41 Å². The number of hydrogen-bond acceptors (Lipinski definition) is 2. The van der Waals surface area contributed by atoms with Crippen molar-refractivity contribution in [1.29, 1.82) is 0 Å². The Bertz CT molecular complexity index is 1100. The van der Waals surface area contributed by atoms with E-state index in [0.29, 0.717) is 0 Å². The van der Waals surface area contributed by atoms with Gasteiger partial charge in [0.05, 0.1) is 10.2 Å². The lowest BCUT2D eigenvalue weighted by Gasteiger charge is -2.19. The summed E-state index contributed by atoms with van der Waals surface area (Å²) in [7, 11) is 0. The van der Waals surface area contributed by atoms with E-state index in [0.717, 1.165) is 15.0 Å². The fourth-order valence-electron chi connectivity index (χ4n) is 3.20. The van der Waals surface area contributed by atoms with E-state index < -0.39 is 0 Å². The lowest BCUT2D eigenvalue weighted by molar-refractivity contribution is 0.591. The molecule has 4 rings (SSSR count). The van der Waals surface area contributed by atoms with Gasteiger partial charge in [-0.15, -0.1) is 11.3 Å². The van der Waals surface area contributed by atoms with E-state index in [4.69, 9.17) is 4.98 Å². The summed E-state index contributed by atoms with van der Waals surface area (Å²) in [4.78, 5) is 4.94. The van der Waals surface area contributed by atoms with Crippen molar-refractivity contribution in [2.24, 2.45) is 0 Å². The van der Waals surface area contributed by atoms with Crippen LogP contribution in [0.25, 0.3) is 31.6 Å². The summed E-state index contributed by atoms with van der Waals surface area (Å²) >= 11 is 5.50. The zero-order valence-corrected chi connectivity index (χ0v) is 17.3. The molecule has 1 heterocycles. The van der Waals surface area contributed by atoms with Gasteiger partial charge in [-0.25, -0.2) is 4.98 Å². The van der Waals surface area contributed by atoms with E-state index in [1.54, 1.807) is 11.3 Å². The molecule has 0 aliphatic carbocycles. The van der Waals surface area contributed by atoms with Gasteiger partial charge in [-0.2, -0.15) is 0 Å². The second-order valence-corrected chi connectivity index (χ2v) is 9.42. The van der Waals surface area contributed by atoms with Crippen molar-refractivity contribution in [1.82, 2.24) is 4.98 Å². The molecule has 0 aliphatic rings. The predicted molar refractivity (Wildman–Crippen MR) is 114 cm³/mol. The molecular weight excluding hydrogens is 390 g/mol. The van der Waals surface area contributed by atoms with Crippen LogP contribution in [0.2, 0.25) is 0 Å². The maximum atomic E-state index is 4.94. The molecule has 0 radical (unpaired) electrons. The monoisotopic (exact) mass is 409 g/mol. The van der Waals surface area contributed by atoms with Crippen LogP contribution in [-0.2, 0) is 5.41 Å². The number of halogens is 1. The minimum atomic E-state index is 0.125. The highest BCUT2D eigenvalue weighted by molar-refractivity contribution is 9.10. The number of thiazole rings is 1. The molecule has 0 fully saturated rings. The first-order valence-electron chi connectivity index (χ1n) is 8.44. The van der Waals surface area contributed by atoms with Gasteiger partial charge in [-0.05, 0) is 62.3 Å². The van der Waals surface area contributed by atoms with Gasteiger partial charge in [0.2, 0.25) is 0 Å². The predicted octanol–water partition coefficient (Wildman–Crippen LogP) is 7.48. The molecule has 4 aromatic rings. The highest BCUT2D eigenvalue weighted by atomic mass is 79.9. The SMILES string of the molecule is Cc1c(-c2nc3c(Br)cc(C(C)(C)C)cc3s2)ccc2ccccc12. The number of aromatic nitrogens is 1. The summed E-state index contributed by atoms with van der Waals surface area (Å²) in [5.41, 5.74) is 5.03. The fraction of sp³-hybridized carbons (Fsp3) is 0.227.